The van der Waals surface area contributed by atoms with Crippen molar-refractivity contribution in [3.63, 3.8) is 0 Å². The summed E-state index contributed by atoms with van der Waals surface area (Å²) in [5, 5.41) is 3.69. The van der Waals surface area contributed by atoms with Crippen molar-refractivity contribution >= 4 is 44.9 Å². The first kappa shape index (κ1) is 15.7. The van der Waals surface area contributed by atoms with Gasteiger partial charge in [0.05, 0.1) is 10.7 Å². The van der Waals surface area contributed by atoms with Gasteiger partial charge in [-0.1, -0.05) is 45.7 Å². The van der Waals surface area contributed by atoms with Gasteiger partial charge in [0, 0.05) is 23.4 Å². The molecule has 0 atom stereocenters. The zero-order chi connectivity index (χ0) is 15.4. The molecule has 0 aromatic heterocycles. The number of nitrogens with one attached hydrogen (secondary N) is 1. The van der Waals surface area contributed by atoms with Crippen LogP contribution >= 0.6 is 27.5 Å². The summed E-state index contributed by atoms with van der Waals surface area (Å²) >= 11 is 9.45. The molecule has 2 rings (SSSR count). The topological polar surface area (TPSA) is 46.2 Å². The third kappa shape index (κ3) is 3.71. The van der Waals surface area contributed by atoms with Crippen molar-refractivity contribution in [1.29, 1.82) is 0 Å². The molecular formula is C16H13BrClNO2. The van der Waals surface area contributed by atoms with Gasteiger partial charge in [0.2, 0.25) is 5.91 Å². The molecule has 0 fully saturated rings. The van der Waals surface area contributed by atoms with Crippen molar-refractivity contribution in [2.75, 3.05) is 5.32 Å². The Kier molecular flexibility index (Phi) is 5.15. The Labute approximate surface area is 136 Å². The molecule has 0 bridgehead atoms. The van der Waals surface area contributed by atoms with Crippen LogP contribution in [0.3, 0.4) is 0 Å². The highest BCUT2D eigenvalue weighted by atomic mass is 79.9. The van der Waals surface area contributed by atoms with E-state index < -0.39 is 0 Å². The van der Waals surface area contributed by atoms with Gasteiger partial charge in [-0.3, -0.25) is 9.59 Å². The van der Waals surface area contributed by atoms with Crippen molar-refractivity contribution in [3.05, 3.63) is 64.2 Å². The Morgan fingerprint density at radius 3 is 2.48 bits per heavy atom. The molecule has 0 saturated carbocycles. The Morgan fingerprint density at radius 2 is 1.86 bits per heavy atom. The lowest BCUT2D eigenvalue weighted by atomic mass is 9.99. The Morgan fingerprint density at radius 1 is 1.14 bits per heavy atom. The van der Waals surface area contributed by atoms with E-state index >= 15 is 0 Å². The van der Waals surface area contributed by atoms with Crippen molar-refractivity contribution in [2.24, 2.45) is 0 Å². The first-order chi connectivity index (χ1) is 10.0. The van der Waals surface area contributed by atoms with Crippen LogP contribution in [0.15, 0.2) is 42.5 Å². The summed E-state index contributed by atoms with van der Waals surface area (Å²) < 4.78 is 0. The molecule has 0 heterocycles. The van der Waals surface area contributed by atoms with Crippen LogP contribution in [0.2, 0.25) is 5.02 Å². The van der Waals surface area contributed by atoms with Crippen molar-refractivity contribution in [1.82, 2.24) is 0 Å². The molecule has 108 valence electrons. The number of hydrogen-bond acceptors (Lipinski definition) is 2. The summed E-state index contributed by atoms with van der Waals surface area (Å²) in [5.74, 6) is -0.443. The fraction of sp³-hybridized carbons (Fsp3) is 0.125. The number of halogens is 2. The number of ketones is 1. The summed E-state index contributed by atoms with van der Waals surface area (Å²) in [4.78, 5) is 24.0. The van der Waals surface area contributed by atoms with Crippen LogP contribution in [0.5, 0.6) is 0 Å². The van der Waals surface area contributed by atoms with E-state index in [4.69, 9.17) is 11.6 Å². The first-order valence-corrected chi connectivity index (χ1v) is 7.78. The molecule has 0 aliphatic heterocycles. The third-order valence-corrected chi connectivity index (χ3v) is 3.89. The average molecular weight is 367 g/mol. The quantitative estimate of drug-likeness (QED) is 0.643. The molecule has 0 unspecified atom stereocenters. The highest BCUT2D eigenvalue weighted by Crippen LogP contribution is 2.25. The van der Waals surface area contributed by atoms with Gasteiger partial charge in [-0.15, -0.1) is 0 Å². The normalized spacial score (nSPS) is 10.2. The molecule has 0 spiro atoms. The number of amides is 1. The molecule has 1 N–H and O–H groups in total. The molecule has 21 heavy (non-hydrogen) atoms. The SMILES string of the molecule is CC(=O)Nc1ccc(CBr)cc1C(=O)c1ccccc1Cl. The Balaban J connectivity index is 2.52. The van der Waals surface area contributed by atoms with Crippen molar-refractivity contribution in [2.45, 2.75) is 12.3 Å². The largest absolute Gasteiger partial charge is 0.326 e. The molecule has 0 radical (unpaired) electrons. The predicted molar refractivity (Wildman–Crippen MR) is 88.3 cm³/mol. The van der Waals surface area contributed by atoms with Gasteiger partial charge < -0.3 is 5.32 Å². The number of carbonyl (C=O) groups excluding carboxylic acids is 2. The monoisotopic (exact) mass is 365 g/mol. The maximum absolute atomic E-state index is 12.7. The van der Waals surface area contributed by atoms with Gasteiger partial charge in [0.15, 0.2) is 5.78 Å². The second kappa shape index (κ2) is 6.87. The summed E-state index contributed by atoms with van der Waals surface area (Å²) in [6, 6.07) is 12.2. The van der Waals surface area contributed by atoms with Crippen molar-refractivity contribution in [3.8, 4) is 0 Å². The number of carbonyl (C=O) groups is 2. The molecule has 5 heteroatoms. The van der Waals surface area contributed by atoms with Crippen molar-refractivity contribution < 1.29 is 9.59 Å². The number of rotatable bonds is 4. The second-order valence-electron chi connectivity index (χ2n) is 4.50. The molecular weight excluding hydrogens is 354 g/mol. The van der Waals surface area contributed by atoms with E-state index in [1.165, 1.54) is 6.92 Å². The zero-order valence-electron chi connectivity index (χ0n) is 11.3. The van der Waals surface area contributed by atoms with E-state index in [1.807, 2.05) is 6.07 Å². The molecule has 2 aromatic carbocycles. The standard InChI is InChI=1S/C16H13BrClNO2/c1-10(20)19-15-7-6-11(9-17)8-13(15)16(21)12-4-2-3-5-14(12)18/h2-8H,9H2,1H3,(H,19,20). The number of benzene rings is 2. The molecule has 0 aliphatic carbocycles. The van der Waals surface area contributed by atoms with Crippen LogP contribution in [0.4, 0.5) is 5.69 Å². The minimum absolute atomic E-state index is 0.216. The Bertz CT molecular complexity index is 700. The van der Waals surface area contributed by atoms with Gasteiger partial charge in [-0.25, -0.2) is 0 Å². The molecule has 1 amide bonds. The lowest BCUT2D eigenvalue weighted by molar-refractivity contribution is -0.114. The predicted octanol–water partition coefficient (Wildman–Crippen LogP) is 4.42. The first-order valence-electron chi connectivity index (χ1n) is 6.28. The number of hydrogen-bond donors (Lipinski definition) is 1. The van der Waals surface area contributed by atoms with Crippen LogP contribution in [0, 0.1) is 0 Å². The highest BCUT2D eigenvalue weighted by Gasteiger charge is 2.17. The summed E-state index contributed by atoms with van der Waals surface area (Å²) in [6.07, 6.45) is 0. The number of alkyl halides is 1. The summed E-state index contributed by atoms with van der Waals surface area (Å²) in [6.45, 7) is 1.40. The average Bonchev–Trinajstić information content (AvgIpc) is 2.47. The lowest BCUT2D eigenvalue weighted by Gasteiger charge is -2.11. The van der Waals surface area contributed by atoms with Crippen LogP contribution < -0.4 is 5.32 Å². The lowest BCUT2D eigenvalue weighted by Crippen LogP contribution is -2.12. The maximum Gasteiger partial charge on any atom is 0.221 e. The van der Waals surface area contributed by atoms with E-state index in [-0.39, 0.29) is 11.7 Å². The van der Waals surface area contributed by atoms with E-state index in [9.17, 15) is 9.59 Å². The van der Waals surface area contributed by atoms with Crippen LogP contribution in [0.25, 0.3) is 0 Å². The van der Waals surface area contributed by atoms with Gasteiger partial charge in [-0.05, 0) is 29.8 Å². The van der Waals surface area contributed by atoms with Crippen LogP contribution in [0.1, 0.15) is 28.4 Å². The molecule has 0 saturated heterocycles. The third-order valence-electron chi connectivity index (χ3n) is 2.91. The van der Waals surface area contributed by atoms with E-state index in [0.717, 1.165) is 5.56 Å². The molecule has 3 nitrogen and oxygen atoms in total. The van der Waals surface area contributed by atoms with Crippen LogP contribution in [-0.4, -0.2) is 11.7 Å². The second-order valence-corrected chi connectivity index (χ2v) is 5.47. The van der Waals surface area contributed by atoms with Gasteiger partial charge >= 0.3 is 0 Å². The highest BCUT2D eigenvalue weighted by molar-refractivity contribution is 9.08. The minimum Gasteiger partial charge on any atom is -0.326 e. The van der Waals surface area contributed by atoms with E-state index in [1.54, 1.807) is 36.4 Å². The summed E-state index contributed by atoms with van der Waals surface area (Å²) in [7, 11) is 0. The maximum atomic E-state index is 12.7. The smallest absolute Gasteiger partial charge is 0.221 e. The Hall–Kier alpha value is -1.65. The number of anilines is 1. The van der Waals surface area contributed by atoms with Gasteiger partial charge in [0.25, 0.3) is 0 Å². The zero-order valence-corrected chi connectivity index (χ0v) is 13.7. The minimum atomic E-state index is -0.227. The summed E-state index contributed by atoms with van der Waals surface area (Å²) in [5.41, 5.74) is 2.27. The molecule has 0 aliphatic rings. The fourth-order valence-corrected chi connectivity index (χ4v) is 2.52. The van der Waals surface area contributed by atoms with Crippen LogP contribution in [-0.2, 0) is 10.1 Å². The fourth-order valence-electron chi connectivity index (χ4n) is 1.95. The van der Waals surface area contributed by atoms with Gasteiger partial charge in [-0.2, -0.15) is 0 Å². The van der Waals surface area contributed by atoms with E-state index in [2.05, 4.69) is 21.2 Å². The molecule has 2 aromatic rings. The van der Waals surface area contributed by atoms with E-state index in [0.29, 0.717) is 27.2 Å². The van der Waals surface area contributed by atoms with Gasteiger partial charge in [0.1, 0.15) is 0 Å².